The summed E-state index contributed by atoms with van der Waals surface area (Å²) in [7, 11) is 0. The molecule has 1 N–H and O–H groups in total. The van der Waals surface area contributed by atoms with Gasteiger partial charge in [0.15, 0.2) is 0 Å². The van der Waals surface area contributed by atoms with E-state index in [1.807, 2.05) is 18.2 Å². The van der Waals surface area contributed by atoms with Gasteiger partial charge in [0.25, 0.3) is 0 Å². The van der Waals surface area contributed by atoms with Gasteiger partial charge in [-0.3, -0.25) is 9.97 Å². The van der Waals surface area contributed by atoms with E-state index in [4.69, 9.17) is 9.97 Å². The molecule has 7 aromatic rings. The van der Waals surface area contributed by atoms with E-state index < -0.39 is 0 Å². The molecule has 0 saturated carbocycles. The van der Waals surface area contributed by atoms with Gasteiger partial charge in [-0.15, -0.1) is 24.3 Å². The molecule has 4 nitrogen and oxygen atoms in total. The Hall–Kier alpha value is -4.79. The summed E-state index contributed by atoms with van der Waals surface area (Å²) in [6, 6.07) is 43.7. The Morgan fingerprint density at radius 1 is 0.547 bits per heavy atom. The summed E-state index contributed by atoms with van der Waals surface area (Å²) >= 11 is 0. The van der Waals surface area contributed by atoms with Crippen molar-refractivity contribution in [3.8, 4) is 56.5 Å². The van der Waals surface area contributed by atoms with Crippen LogP contribution in [-0.2, 0) is 21.1 Å². The van der Waals surface area contributed by atoms with Gasteiger partial charge in [-0.05, 0) is 87.4 Å². The maximum absolute atomic E-state index is 11.0. The number of para-hydroxylation sites is 4. The van der Waals surface area contributed by atoms with Gasteiger partial charge in [0, 0.05) is 38.0 Å². The Bertz CT molecular complexity index is 2350. The Labute approximate surface area is 329 Å². The van der Waals surface area contributed by atoms with Crippen LogP contribution in [0.5, 0.6) is 5.75 Å². The van der Waals surface area contributed by atoms with Crippen molar-refractivity contribution >= 4 is 11.0 Å². The molecule has 0 fully saturated rings. The van der Waals surface area contributed by atoms with Crippen molar-refractivity contribution in [2.75, 3.05) is 0 Å². The predicted octanol–water partition coefficient (Wildman–Crippen LogP) is 13.1. The van der Waals surface area contributed by atoms with Gasteiger partial charge in [-0.1, -0.05) is 133 Å². The van der Waals surface area contributed by atoms with E-state index in [0.29, 0.717) is 34.9 Å². The molecule has 0 aliphatic rings. The van der Waals surface area contributed by atoms with E-state index in [9.17, 15) is 5.11 Å². The van der Waals surface area contributed by atoms with E-state index in [1.165, 1.54) is 27.9 Å². The minimum Gasteiger partial charge on any atom is -0.507 e. The molecule has 53 heavy (non-hydrogen) atoms. The minimum atomic E-state index is 0. The first kappa shape index (κ1) is 37.9. The molecule has 0 saturated heterocycles. The number of aromatic hydroxyl groups is 1. The molecule has 272 valence electrons. The van der Waals surface area contributed by atoms with Gasteiger partial charge >= 0.3 is 0 Å². The molecule has 0 atom stereocenters. The van der Waals surface area contributed by atoms with Crippen LogP contribution in [0.4, 0.5) is 0 Å². The summed E-state index contributed by atoms with van der Waals surface area (Å²) in [6.45, 7) is 18.0. The second-order valence-corrected chi connectivity index (χ2v) is 15.2. The molecule has 0 bridgehead atoms. The molecule has 0 unspecified atom stereocenters. The molecule has 0 radical (unpaired) electrons. The molecular weight excluding hydrogens is 830 g/mol. The third-order valence-electron chi connectivity index (χ3n) is 10.1. The van der Waals surface area contributed by atoms with Crippen LogP contribution in [0.1, 0.15) is 101 Å². The number of hydrogen-bond donors (Lipinski definition) is 1. The third-order valence-corrected chi connectivity index (χ3v) is 10.1. The SMILES string of the molecule is CC(C)c1cc(-c2cc(-c3[c-]c(-c4nc5ccccc5n4-c4c(C(C)C)cccc4C(C)C)ccc3)nc(-c3ccccc3O)c2)cc(C(C)C)c1.[Pt]. The van der Waals surface area contributed by atoms with Gasteiger partial charge in [-0.2, -0.15) is 0 Å². The zero-order chi connectivity index (χ0) is 36.7. The Morgan fingerprint density at radius 2 is 1.11 bits per heavy atom. The van der Waals surface area contributed by atoms with Crippen molar-refractivity contribution in [2.45, 2.75) is 79.1 Å². The number of hydrogen-bond acceptors (Lipinski definition) is 3. The Kier molecular flexibility index (Phi) is 11.2. The van der Waals surface area contributed by atoms with Gasteiger partial charge in [0.2, 0.25) is 0 Å². The smallest absolute Gasteiger partial charge is 0.124 e. The molecule has 5 aromatic carbocycles. The number of phenols is 1. The molecule has 5 heteroatoms. The molecular formula is C48H48N3OPt-. The first-order valence-corrected chi connectivity index (χ1v) is 18.6. The summed E-state index contributed by atoms with van der Waals surface area (Å²) < 4.78 is 2.34. The van der Waals surface area contributed by atoms with Crippen LogP contribution in [0.15, 0.2) is 115 Å². The molecule has 0 aliphatic carbocycles. The molecule has 0 spiro atoms. The molecule has 0 aliphatic heterocycles. The quantitative estimate of drug-likeness (QED) is 0.147. The van der Waals surface area contributed by atoms with E-state index in [2.05, 4.69) is 157 Å². The summed E-state index contributed by atoms with van der Waals surface area (Å²) in [6.07, 6.45) is 0. The average Bonchev–Trinajstić information content (AvgIpc) is 3.53. The minimum absolute atomic E-state index is 0. The number of pyridine rings is 1. The molecule has 2 aromatic heterocycles. The average molecular weight is 878 g/mol. The third kappa shape index (κ3) is 7.53. The van der Waals surface area contributed by atoms with Crippen LogP contribution in [-0.4, -0.2) is 19.6 Å². The second-order valence-electron chi connectivity index (χ2n) is 15.2. The van der Waals surface area contributed by atoms with Gasteiger partial charge < -0.3 is 9.67 Å². The Balaban J connectivity index is 0.00000481. The second kappa shape index (κ2) is 15.7. The number of rotatable bonds is 9. The van der Waals surface area contributed by atoms with Gasteiger partial charge in [0.1, 0.15) is 5.75 Å². The summed E-state index contributed by atoms with van der Waals surface area (Å²) in [4.78, 5) is 10.5. The van der Waals surface area contributed by atoms with Crippen LogP contribution < -0.4 is 0 Å². The van der Waals surface area contributed by atoms with Crippen LogP contribution >= 0.6 is 0 Å². The first-order valence-electron chi connectivity index (χ1n) is 18.6. The largest absolute Gasteiger partial charge is 0.507 e. The summed E-state index contributed by atoms with van der Waals surface area (Å²) in [5.41, 5.74) is 14.5. The van der Waals surface area contributed by atoms with Crippen molar-refractivity contribution in [2.24, 2.45) is 0 Å². The number of phenolic OH excluding ortho intramolecular Hbond substituents is 1. The predicted molar refractivity (Wildman–Crippen MR) is 217 cm³/mol. The fourth-order valence-corrected chi connectivity index (χ4v) is 7.13. The number of nitrogens with zero attached hydrogens (tertiary/aromatic N) is 3. The van der Waals surface area contributed by atoms with Gasteiger partial charge in [-0.25, -0.2) is 0 Å². The standard InChI is InChI=1S/C48H48N3O.Pt/c1-29(2)35-24-36(30(3)4)26-37(25-35)38-27-43(49-44(28-38)41-17-9-12-22-46(41)52)33-15-13-16-34(23-33)48-50-42-20-10-11-21-45(42)51(48)47-39(31(5)6)18-14-19-40(47)32(7)8;/h9-22,24-32,52H,1-8H3;/q-1;. The monoisotopic (exact) mass is 877 g/mol. The fourth-order valence-electron chi connectivity index (χ4n) is 7.13. The van der Waals surface area contributed by atoms with Crippen LogP contribution in [0.3, 0.4) is 0 Å². The molecule has 2 heterocycles. The number of benzene rings is 5. The maximum atomic E-state index is 11.0. The first-order chi connectivity index (χ1) is 25.0. The van der Waals surface area contributed by atoms with E-state index >= 15 is 0 Å². The molecule has 7 rings (SSSR count). The van der Waals surface area contributed by atoms with Crippen molar-refractivity contribution in [1.82, 2.24) is 14.5 Å². The number of imidazole rings is 1. The zero-order valence-electron chi connectivity index (χ0n) is 31.9. The van der Waals surface area contributed by atoms with Crippen molar-refractivity contribution in [3.63, 3.8) is 0 Å². The Morgan fingerprint density at radius 3 is 1.75 bits per heavy atom. The topological polar surface area (TPSA) is 50.9 Å². The summed E-state index contributed by atoms with van der Waals surface area (Å²) in [5, 5.41) is 11.0. The summed E-state index contributed by atoms with van der Waals surface area (Å²) in [5.74, 6) is 2.47. The van der Waals surface area contributed by atoms with Crippen molar-refractivity contribution in [1.29, 1.82) is 0 Å². The zero-order valence-corrected chi connectivity index (χ0v) is 34.2. The van der Waals surface area contributed by atoms with Crippen LogP contribution in [0.25, 0.3) is 61.8 Å². The molecule has 0 amide bonds. The fraction of sp³-hybridized carbons (Fsp3) is 0.250. The maximum Gasteiger partial charge on any atom is 0.124 e. The van der Waals surface area contributed by atoms with Crippen molar-refractivity contribution < 1.29 is 26.2 Å². The normalized spacial score (nSPS) is 11.6. The van der Waals surface area contributed by atoms with Crippen LogP contribution in [0.2, 0.25) is 0 Å². The number of aromatic nitrogens is 3. The van der Waals surface area contributed by atoms with E-state index in [-0.39, 0.29) is 26.8 Å². The van der Waals surface area contributed by atoms with Crippen LogP contribution in [0, 0.1) is 6.07 Å². The van der Waals surface area contributed by atoms with Crippen molar-refractivity contribution in [3.05, 3.63) is 144 Å². The van der Waals surface area contributed by atoms with Gasteiger partial charge in [0.05, 0.1) is 22.6 Å². The van der Waals surface area contributed by atoms with E-state index in [0.717, 1.165) is 44.8 Å². The van der Waals surface area contributed by atoms with E-state index in [1.54, 1.807) is 6.07 Å². The number of fused-ring (bicyclic) bond motifs is 1.